The fourth-order valence-electron chi connectivity index (χ4n) is 7.48. The Morgan fingerprint density at radius 2 is 0.636 bits per heavy atom. The molecule has 0 aliphatic heterocycles. The first-order chi connectivity index (χ1) is 32.5. The molecule has 378 valence electrons. The van der Waals surface area contributed by atoms with Gasteiger partial charge >= 0.3 is 17.9 Å². The van der Waals surface area contributed by atoms with Crippen LogP contribution in [0.15, 0.2) is 85.1 Å². The van der Waals surface area contributed by atoms with Crippen molar-refractivity contribution in [2.24, 2.45) is 0 Å². The van der Waals surface area contributed by atoms with Crippen molar-refractivity contribution in [2.45, 2.75) is 264 Å². The van der Waals surface area contributed by atoms with E-state index in [0.29, 0.717) is 12.8 Å². The minimum atomic E-state index is -0.807. The summed E-state index contributed by atoms with van der Waals surface area (Å²) in [4.78, 5) is 38.1. The summed E-state index contributed by atoms with van der Waals surface area (Å²) in [5.41, 5.74) is 0. The summed E-state index contributed by atoms with van der Waals surface area (Å²) >= 11 is 0. The van der Waals surface area contributed by atoms with Gasteiger partial charge in [0.05, 0.1) is 0 Å². The first-order valence-electron chi connectivity index (χ1n) is 27.6. The smallest absolute Gasteiger partial charge is 0.306 e. The number of esters is 3. The van der Waals surface area contributed by atoms with Gasteiger partial charge in [-0.3, -0.25) is 14.4 Å². The third kappa shape index (κ3) is 51.6. The van der Waals surface area contributed by atoms with E-state index in [1.165, 1.54) is 109 Å². The zero-order valence-electron chi connectivity index (χ0n) is 43.2. The second kappa shape index (κ2) is 54.2. The van der Waals surface area contributed by atoms with Crippen LogP contribution in [0.25, 0.3) is 0 Å². The van der Waals surface area contributed by atoms with E-state index in [1.54, 1.807) is 0 Å². The summed E-state index contributed by atoms with van der Waals surface area (Å²) in [6.45, 7) is 6.47. The molecule has 0 aromatic rings. The number of carbonyl (C=O) groups is 3. The molecule has 0 saturated heterocycles. The van der Waals surface area contributed by atoms with E-state index in [9.17, 15) is 14.4 Å². The second-order valence-electron chi connectivity index (χ2n) is 18.1. The Morgan fingerprint density at radius 1 is 0.333 bits per heavy atom. The Balaban J connectivity index is 4.50. The van der Waals surface area contributed by atoms with E-state index in [2.05, 4.69) is 106 Å². The van der Waals surface area contributed by atoms with E-state index in [0.717, 1.165) is 109 Å². The Bertz CT molecular complexity index is 1290. The van der Waals surface area contributed by atoms with Crippen LogP contribution in [0.2, 0.25) is 0 Å². The van der Waals surface area contributed by atoms with Crippen LogP contribution in [-0.2, 0) is 28.6 Å². The van der Waals surface area contributed by atoms with Gasteiger partial charge in [0.25, 0.3) is 0 Å². The molecule has 0 spiro atoms. The van der Waals surface area contributed by atoms with E-state index >= 15 is 0 Å². The van der Waals surface area contributed by atoms with Crippen molar-refractivity contribution in [3.05, 3.63) is 85.1 Å². The van der Waals surface area contributed by atoms with Crippen LogP contribution in [-0.4, -0.2) is 37.2 Å². The van der Waals surface area contributed by atoms with Crippen molar-refractivity contribution in [2.75, 3.05) is 13.2 Å². The Kier molecular flexibility index (Phi) is 51.4. The molecule has 0 aromatic carbocycles. The number of unbranched alkanes of at least 4 members (excludes halogenated alkanes) is 25. The first kappa shape index (κ1) is 62.6. The molecule has 0 aliphatic rings. The molecule has 0 saturated carbocycles. The zero-order chi connectivity index (χ0) is 47.9. The lowest BCUT2D eigenvalue weighted by Crippen LogP contribution is -2.30. The maximum atomic E-state index is 12.8. The van der Waals surface area contributed by atoms with E-state index < -0.39 is 6.10 Å². The van der Waals surface area contributed by atoms with Gasteiger partial charge in [-0.25, -0.2) is 0 Å². The van der Waals surface area contributed by atoms with Gasteiger partial charge in [-0.15, -0.1) is 0 Å². The molecular formula is C60H102O6. The Labute approximate surface area is 407 Å². The van der Waals surface area contributed by atoms with Crippen LogP contribution < -0.4 is 0 Å². The van der Waals surface area contributed by atoms with E-state index in [-0.39, 0.29) is 37.5 Å². The number of carbonyl (C=O) groups excluding carboxylic acids is 3. The van der Waals surface area contributed by atoms with Crippen LogP contribution >= 0.6 is 0 Å². The molecule has 0 fully saturated rings. The van der Waals surface area contributed by atoms with Gasteiger partial charge < -0.3 is 14.2 Å². The Hall–Kier alpha value is -3.41. The SMILES string of the molecule is CC/C=C\C/C=C\C/C=C\C/C=C\CCCCCC(=O)OCC(COC(=O)CCCCCCC/C=C\CCCCCCCCC)OC(=O)CCCCC/C=C\C=C/CCCCCCCCC. The minimum absolute atomic E-state index is 0.102. The number of rotatable bonds is 49. The van der Waals surface area contributed by atoms with Crippen LogP contribution in [0.4, 0.5) is 0 Å². The van der Waals surface area contributed by atoms with Gasteiger partial charge in [-0.05, 0) is 109 Å². The van der Waals surface area contributed by atoms with Crippen LogP contribution in [0.1, 0.15) is 258 Å². The molecule has 0 radical (unpaired) electrons. The van der Waals surface area contributed by atoms with Gasteiger partial charge in [0.2, 0.25) is 0 Å². The van der Waals surface area contributed by atoms with Gasteiger partial charge in [0.15, 0.2) is 6.10 Å². The van der Waals surface area contributed by atoms with E-state index in [1.807, 2.05) is 0 Å². The highest BCUT2D eigenvalue weighted by Gasteiger charge is 2.19. The predicted molar refractivity (Wildman–Crippen MR) is 284 cm³/mol. The molecule has 66 heavy (non-hydrogen) atoms. The average molecular weight is 919 g/mol. The van der Waals surface area contributed by atoms with Crippen molar-refractivity contribution in [1.82, 2.24) is 0 Å². The number of hydrogen-bond donors (Lipinski definition) is 0. The lowest BCUT2D eigenvalue weighted by molar-refractivity contribution is -0.167. The fraction of sp³-hybridized carbons (Fsp3) is 0.717. The van der Waals surface area contributed by atoms with Crippen LogP contribution in [0, 0.1) is 0 Å². The van der Waals surface area contributed by atoms with Crippen molar-refractivity contribution in [1.29, 1.82) is 0 Å². The highest BCUT2D eigenvalue weighted by molar-refractivity contribution is 5.71. The van der Waals surface area contributed by atoms with E-state index in [4.69, 9.17) is 14.2 Å². The molecule has 0 heterocycles. The van der Waals surface area contributed by atoms with Crippen LogP contribution in [0.3, 0.4) is 0 Å². The standard InChI is InChI=1S/C60H102O6/c1-4-7-10-13-16-19-22-25-28-31-34-37-40-43-46-49-52-58(61)64-55-57(66-60(63)54-51-48-45-42-39-36-33-30-27-24-21-18-15-12-9-6-3)56-65-59(62)53-50-47-44-41-38-35-32-29-26-23-20-17-14-11-8-5-2/h7,10,16,19,25,28-30,32-34,36-37,39,57H,4-6,8-9,11-15,17-18,20-24,26-27,31,35,38,40-56H2,1-3H3/b10-7-,19-16-,28-25-,32-29-,33-30-,37-34-,39-36-. The average Bonchev–Trinajstić information content (AvgIpc) is 3.31. The van der Waals surface area contributed by atoms with Crippen molar-refractivity contribution < 1.29 is 28.6 Å². The molecule has 1 unspecified atom stereocenters. The third-order valence-corrected chi connectivity index (χ3v) is 11.6. The molecule has 0 rings (SSSR count). The molecule has 6 heteroatoms. The lowest BCUT2D eigenvalue weighted by Gasteiger charge is -2.18. The van der Waals surface area contributed by atoms with Gasteiger partial charge in [-0.2, -0.15) is 0 Å². The molecular weight excluding hydrogens is 817 g/mol. The van der Waals surface area contributed by atoms with Crippen LogP contribution in [0.5, 0.6) is 0 Å². The third-order valence-electron chi connectivity index (χ3n) is 11.6. The maximum Gasteiger partial charge on any atom is 0.306 e. The van der Waals surface area contributed by atoms with Gasteiger partial charge in [0, 0.05) is 19.3 Å². The normalized spacial score (nSPS) is 12.7. The van der Waals surface area contributed by atoms with Gasteiger partial charge in [0.1, 0.15) is 13.2 Å². The molecule has 0 bridgehead atoms. The molecule has 0 amide bonds. The first-order valence-corrected chi connectivity index (χ1v) is 27.6. The lowest BCUT2D eigenvalue weighted by atomic mass is 10.1. The molecule has 0 aromatic heterocycles. The highest BCUT2D eigenvalue weighted by Crippen LogP contribution is 2.14. The summed E-state index contributed by atoms with van der Waals surface area (Å²) in [5.74, 6) is -0.966. The monoisotopic (exact) mass is 919 g/mol. The molecule has 1 atom stereocenters. The topological polar surface area (TPSA) is 78.9 Å². The Morgan fingerprint density at radius 3 is 1.05 bits per heavy atom. The maximum absolute atomic E-state index is 12.8. The molecule has 0 N–H and O–H groups in total. The molecule has 6 nitrogen and oxygen atoms in total. The summed E-state index contributed by atoms with van der Waals surface area (Å²) in [5, 5.41) is 0. The van der Waals surface area contributed by atoms with Gasteiger partial charge in [-0.1, -0.05) is 215 Å². The quantitative estimate of drug-likeness (QED) is 0.0199. The molecule has 0 aliphatic carbocycles. The van der Waals surface area contributed by atoms with Crippen molar-refractivity contribution in [3.8, 4) is 0 Å². The number of hydrogen-bond acceptors (Lipinski definition) is 6. The summed E-state index contributed by atoms with van der Waals surface area (Å²) in [7, 11) is 0. The largest absolute Gasteiger partial charge is 0.462 e. The highest BCUT2D eigenvalue weighted by atomic mass is 16.6. The van der Waals surface area contributed by atoms with Crippen molar-refractivity contribution >= 4 is 17.9 Å². The number of allylic oxidation sites excluding steroid dienone is 14. The van der Waals surface area contributed by atoms with Crippen molar-refractivity contribution in [3.63, 3.8) is 0 Å². The summed E-state index contributed by atoms with van der Waals surface area (Å²) < 4.78 is 16.8. The summed E-state index contributed by atoms with van der Waals surface area (Å²) in [6, 6.07) is 0. The second-order valence-corrected chi connectivity index (χ2v) is 18.1. The summed E-state index contributed by atoms with van der Waals surface area (Å²) in [6.07, 6.45) is 70.0. The number of ether oxygens (including phenoxy) is 3. The predicted octanol–water partition coefficient (Wildman–Crippen LogP) is 18.4. The fourth-order valence-corrected chi connectivity index (χ4v) is 7.48. The zero-order valence-corrected chi connectivity index (χ0v) is 43.2. The minimum Gasteiger partial charge on any atom is -0.462 e.